The zero-order chi connectivity index (χ0) is 16.3. The standard InChI is InChI=1S/C15H24ClNO3S2/c1-3-10(2)14(15(18)11-6-4-5-7-11)17-22(19,20)13-9-8-12(16)21-13/h8-11,14-15,17-18H,3-7H2,1-2H3/t10-,14-,15?/m0/s1. The molecule has 0 aromatic carbocycles. The molecule has 0 radical (unpaired) electrons. The van der Waals surface area contributed by atoms with Gasteiger partial charge < -0.3 is 5.11 Å². The molecule has 3 atom stereocenters. The normalized spacial score (nSPS) is 20.9. The number of rotatable bonds is 7. The zero-order valence-electron chi connectivity index (χ0n) is 13.0. The highest BCUT2D eigenvalue weighted by Crippen LogP contribution is 2.32. The number of hydrogen-bond acceptors (Lipinski definition) is 4. The van der Waals surface area contributed by atoms with E-state index in [4.69, 9.17) is 11.6 Å². The fourth-order valence-corrected chi connectivity index (χ4v) is 5.91. The van der Waals surface area contributed by atoms with Gasteiger partial charge in [-0.05, 0) is 36.8 Å². The van der Waals surface area contributed by atoms with Crippen molar-refractivity contribution in [2.45, 2.75) is 62.3 Å². The van der Waals surface area contributed by atoms with Crippen LogP contribution in [0.2, 0.25) is 4.34 Å². The lowest BCUT2D eigenvalue weighted by Gasteiger charge is -2.32. The van der Waals surface area contributed by atoms with Gasteiger partial charge in [-0.1, -0.05) is 44.7 Å². The summed E-state index contributed by atoms with van der Waals surface area (Å²) in [4.78, 5) is 0. The van der Waals surface area contributed by atoms with Gasteiger partial charge in [-0.3, -0.25) is 0 Å². The van der Waals surface area contributed by atoms with Gasteiger partial charge in [0.2, 0.25) is 10.0 Å². The van der Waals surface area contributed by atoms with Crippen LogP contribution in [0.4, 0.5) is 0 Å². The van der Waals surface area contributed by atoms with E-state index < -0.39 is 22.2 Å². The minimum Gasteiger partial charge on any atom is -0.391 e. The van der Waals surface area contributed by atoms with Crippen molar-refractivity contribution in [2.75, 3.05) is 0 Å². The Morgan fingerprint density at radius 1 is 1.41 bits per heavy atom. The molecule has 7 heteroatoms. The highest BCUT2D eigenvalue weighted by molar-refractivity contribution is 7.91. The maximum atomic E-state index is 12.5. The third-order valence-electron chi connectivity index (χ3n) is 4.61. The van der Waals surface area contributed by atoms with E-state index in [1.165, 1.54) is 6.07 Å². The van der Waals surface area contributed by atoms with Crippen molar-refractivity contribution < 1.29 is 13.5 Å². The molecule has 1 heterocycles. The summed E-state index contributed by atoms with van der Waals surface area (Å²) < 4.78 is 28.4. The van der Waals surface area contributed by atoms with E-state index >= 15 is 0 Å². The lowest BCUT2D eigenvalue weighted by molar-refractivity contribution is 0.0587. The smallest absolute Gasteiger partial charge is 0.250 e. The number of hydrogen-bond donors (Lipinski definition) is 2. The molecule has 22 heavy (non-hydrogen) atoms. The quantitative estimate of drug-likeness (QED) is 0.775. The molecule has 2 rings (SSSR count). The minimum atomic E-state index is -3.64. The van der Waals surface area contributed by atoms with Crippen molar-refractivity contribution in [1.82, 2.24) is 4.72 Å². The van der Waals surface area contributed by atoms with E-state index in [1.807, 2.05) is 13.8 Å². The van der Waals surface area contributed by atoms with Crippen molar-refractivity contribution in [3.8, 4) is 0 Å². The molecule has 0 spiro atoms. The first-order valence-electron chi connectivity index (χ1n) is 7.81. The number of nitrogens with one attached hydrogen (secondary N) is 1. The van der Waals surface area contributed by atoms with Gasteiger partial charge in [-0.2, -0.15) is 0 Å². The summed E-state index contributed by atoms with van der Waals surface area (Å²) >= 11 is 6.87. The Kier molecular flexibility index (Phi) is 6.30. The maximum absolute atomic E-state index is 12.5. The van der Waals surface area contributed by atoms with Gasteiger partial charge in [0.25, 0.3) is 0 Å². The summed E-state index contributed by atoms with van der Waals surface area (Å²) in [6.07, 6.45) is 4.34. The number of aliphatic hydroxyl groups excluding tert-OH is 1. The molecule has 2 N–H and O–H groups in total. The van der Waals surface area contributed by atoms with Gasteiger partial charge in [0, 0.05) is 0 Å². The SMILES string of the molecule is CC[C@H](C)[C@H](NS(=O)(=O)c1ccc(Cl)s1)C(O)C1CCCC1. The first kappa shape index (κ1) is 18.2. The van der Waals surface area contributed by atoms with Crippen LogP contribution in [0.3, 0.4) is 0 Å². The van der Waals surface area contributed by atoms with Crippen LogP contribution >= 0.6 is 22.9 Å². The monoisotopic (exact) mass is 365 g/mol. The van der Waals surface area contributed by atoms with Gasteiger partial charge in [-0.15, -0.1) is 11.3 Å². The van der Waals surface area contributed by atoms with Crippen LogP contribution in [0.5, 0.6) is 0 Å². The van der Waals surface area contributed by atoms with Crippen LogP contribution < -0.4 is 4.72 Å². The molecule has 1 fully saturated rings. The molecule has 0 bridgehead atoms. The summed E-state index contributed by atoms with van der Waals surface area (Å²) in [6.45, 7) is 3.99. The molecule has 0 amide bonds. The first-order valence-corrected chi connectivity index (χ1v) is 10.5. The highest BCUT2D eigenvalue weighted by atomic mass is 35.5. The Morgan fingerprint density at radius 2 is 2.05 bits per heavy atom. The summed E-state index contributed by atoms with van der Waals surface area (Å²) in [5, 5.41) is 10.7. The number of thiophene rings is 1. The largest absolute Gasteiger partial charge is 0.391 e. The van der Waals surface area contributed by atoms with Crippen molar-refractivity contribution >= 4 is 33.0 Å². The maximum Gasteiger partial charge on any atom is 0.250 e. The molecule has 1 saturated carbocycles. The molecule has 1 unspecified atom stereocenters. The van der Waals surface area contributed by atoms with E-state index in [-0.39, 0.29) is 16.0 Å². The second-order valence-electron chi connectivity index (χ2n) is 6.13. The van der Waals surface area contributed by atoms with Crippen LogP contribution in [0.25, 0.3) is 0 Å². The lowest BCUT2D eigenvalue weighted by atomic mass is 9.87. The van der Waals surface area contributed by atoms with E-state index in [1.54, 1.807) is 6.07 Å². The molecular formula is C15H24ClNO3S2. The summed E-state index contributed by atoms with van der Waals surface area (Å²) in [5.74, 6) is 0.259. The molecule has 4 nitrogen and oxygen atoms in total. The van der Waals surface area contributed by atoms with Gasteiger partial charge >= 0.3 is 0 Å². The van der Waals surface area contributed by atoms with Crippen LogP contribution in [-0.4, -0.2) is 25.7 Å². The first-order chi connectivity index (χ1) is 10.3. The topological polar surface area (TPSA) is 66.4 Å². The molecule has 0 saturated heterocycles. The Hall–Kier alpha value is -0.140. The molecule has 1 aromatic heterocycles. The van der Waals surface area contributed by atoms with Gasteiger partial charge in [0.05, 0.1) is 16.5 Å². The van der Waals surface area contributed by atoms with Crippen molar-refractivity contribution in [3.63, 3.8) is 0 Å². The van der Waals surface area contributed by atoms with E-state index in [9.17, 15) is 13.5 Å². The van der Waals surface area contributed by atoms with E-state index in [0.717, 1.165) is 43.4 Å². The second kappa shape index (κ2) is 7.62. The third-order valence-corrected chi connectivity index (χ3v) is 7.79. The molecule has 1 aliphatic carbocycles. The Labute approximate surface area is 141 Å². The van der Waals surface area contributed by atoms with Crippen molar-refractivity contribution in [1.29, 1.82) is 0 Å². The van der Waals surface area contributed by atoms with Crippen LogP contribution in [0.15, 0.2) is 16.3 Å². The van der Waals surface area contributed by atoms with Crippen molar-refractivity contribution in [3.05, 3.63) is 16.5 Å². The Bertz CT molecular complexity index is 581. The second-order valence-corrected chi connectivity index (χ2v) is 9.78. The van der Waals surface area contributed by atoms with Gasteiger partial charge in [-0.25, -0.2) is 13.1 Å². The Balaban J connectivity index is 2.18. The average Bonchev–Trinajstić information content (AvgIpc) is 3.14. The van der Waals surface area contributed by atoms with E-state index in [0.29, 0.717) is 4.34 Å². The number of sulfonamides is 1. The van der Waals surface area contributed by atoms with Crippen LogP contribution in [0.1, 0.15) is 46.0 Å². The lowest BCUT2D eigenvalue weighted by Crippen LogP contribution is -2.49. The van der Waals surface area contributed by atoms with Crippen molar-refractivity contribution in [2.24, 2.45) is 11.8 Å². The molecule has 0 aliphatic heterocycles. The minimum absolute atomic E-state index is 0.0702. The van der Waals surface area contributed by atoms with Crippen LogP contribution in [0, 0.1) is 11.8 Å². The highest BCUT2D eigenvalue weighted by Gasteiger charge is 2.35. The number of aliphatic hydroxyl groups is 1. The van der Waals surface area contributed by atoms with Gasteiger partial charge in [0.15, 0.2) is 0 Å². The molecule has 126 valence electrons. The van der Waals surface area contributed by atoms with E-state index in [2.05, 4.69) is 4.72 Å². The van der Waals surface area contributed by atoms with Gasteiger partial charge in [0.1, 0.15) is 4.21 Å². The predicted molar refractivity (Wildman–Crippen MR) is 90.9 cm³/mol. The molecule has 1 aromatic rings. The average molecular weight is 366 g/mol. The fraction of sp³-hybridized carbons (Fsp3) is 0.733. The third kappa shape index (κ3) is 4.23. The summed E-state index contributed by atoms with van der Waals surface area (Å²) in [7, 11) is -3.64. The Morgan fingerprint density at radius 3 is 2.55 bits per heavy atom. The number of halogens is 1. The fourth-order valence-electron chi connectivity index (χ4n) is 3.05. The van der Waals surface area contributed by atoms with Crippen LogP contribution in [-0.2, 0) is 10.0 Å². The predicted octanol–water partition coefficient (Wildman–Crippen LogP) is 3.65. The molecular weight excluding hydrogens is 342 g/mol. The summed E-state index contributed by atoms with van der Waals surface area (Å²) in [6, 6.07) is 2.62. The summed E-state index contributed by atoms with van der Waals surface area (Å²) in [5.41, 5.74) is 0. The molecule has 1 aliphatic rings. The zero-order valence-corrected chi connectivity index (χ0v) is 15.3.